The van der Waals surface area contributed by atoms with Gasteiger partial charge >= 0.3 is 12.1 Å². The Kier molecular flexibility index (Phi) is 8.15. The Morgan fingerprint density at radius 2 is 1.96 bits per heavy atom. The second kappa shape index (κ2) is 10.6. The highest BCUT2D eigenvalue weighted by Crippen LogP contribution is 2.16. The molecule has 142 valence electrons. The fourth-order valence-electron chi connectivity index (χ4n) is 2.97. The molecule has 1 amide bonds. The lowest BCUT2D eigenvalue weighted by atomic mass is 10.1. The van der Waals surface area contributed by atoms with Crippen LogP contribution in [0.15, 0.2) is 42.5 Å². The summed E-state index contributed by atoms with van der Waals surface area (Å²) < 4.78 is 5.11. The van der Waals surface area contributed by atoms with Gasteiger partial charge in [-0.15, -0.1) is 0 Å². The summed E-state index contributed by atoms with van der Waals surface area (Å²) in [4.78, 5) is 24.0. The van der Waals surface area contributed by atoms with Crippen LogP contribution in [0.4, 0.5) is 4.79 Å². The van der Waals surface area contributed by atoms with Crippen molar-refractivity contribution in [2.24, 2.45) is 0 Å². The van der Waals surface area contributed by atoms with E-state index in [1.165, 1.54) is 0 Å². The van der Waals surface area contributed by atoms with Gasteiger partial charge in [-0.2, -0.15) is 0 Å². The van der Waals surface area contributed by atoms with E-state index >= 15 is 0 Å². The Morgan fingerprint density at radius 1 is 1.23 bits per heavy atom. The van der Waals surface area contributed by atoms with Gasteiger partial charge in [0.1, 0.15) is 6.61 Å². The number of ether oxygens (including phenoxy) is 1. The molecule has 0 aromatic heterocycles. The first-order valence-electron chi connectivity index (χ1n) is 9.12. The van der Waals surface area contributed by atoms with Crippen LogP contribution in [-0.4, -0.2) is 52.5 Å². The maximum Gasteiger partial charge on any atom is 0.410 e. The molecule has 1 aromatic carbocycles. The SMILES string of the molecule is O=C(O)CCCCCCN1C(=O)OCC1C=C[C@H](O)Cc1ccccc1. The van der Waals surface area contributed by atoms with E-state index in [-0.39, 0.29) is 18.6 Å². The summed E-state index contributed by atoms with van der Waals surface area (Å²) in [6.45, 7) is 0.877. The number of aliphatic hydroxyl groups excluding tert-OH is 1. The smallest absolute Gasteiger partial charge is 0.410 e. The van der Waals surface area contributed by atoms with Crippen molar-refractivity contribution in [3.8, 4) is 0 Å². The van der Waals surface area contributed by atoms with E-state index in [2.05, 4.69) is 0 Å². The summed E-state index contributed by atoms with van der Waals surface area (Å²) in [5.41, 5.74) is 1.06. The molecule has 2 atom stereocenters. The number of carbonyl (C=O) groups excluding carboxylic acids is 1. The summed E-state index contributed by atoms with van der Waals surface area (Å²) in [7, 11) is 0. The normalized spacial score (nSPS) is 18.3. The minimum absolute atomic E-state index is 0.160. The molecule has 1 fully saturated rings. The lowest BCUT2D eigenvalue weighted by molar-refractivity contribution is -0.137. The molecule has 0 bridgehead atoms. The van der Waals surface area contributed by atoms with Crippen molar-refractivity contribution in [3.05, 3.63) is 48.0 Å². The first kappa shape index (κ1) is 20.0. The van der Waals surface area contributed by atoms with Crippen LogP contribution in [0, 0.1) is 0 Å². The maximum atomic E-state index is 11.9. The number of hydrogen-bond donors (Lipinski definition) is 2. The van der Waals surface area contributed by atoms with E-state index in [9.17, 15) is 14.7 Å². The van der Waals surface area contributed by atoms with E-state index in [1.54, 1.807) is 11.0 Å². The lowest BCUT2D eigenvalue weighted by Gasteiger charge is -2.19. The van der Waals surface area contributed by atoms with Crippen molar-refractivity contribution in [3.63, 3.8) is 0 Å². The second-order valence-electron chi connectivity index (χ2n) is 6.54. The molecular weight excluding hydrogens is 334 g/mol. The monoisotopic (exact) mass is 361 g/mol. The van der Waals surface area contributed by atoms with Gasteiger partial charge in [0.2, 0.25) is 0 Å². The molecule has 1 saturated heterocycles. The van der Waals surface area contributed by atoms with E-state index < -0.39 is 12.1 Å². The lowest BCUT2D eigenvalue weighted by Crippen LogP contribution is -2.33. The fourth-order valence-corrected chi connectivity index (χ4v) is 2.97. The highest BCUT2D eigenvalue weighted by molar-refractivity contribution is 5.70. The molecule has 6 nitrogen and oxygen atoms in total. The van der Waals surface area contributed by atoms with Gasteiger partial charge in [-0.3, -0.25) is 9.69 Å². The van der Waals surface area contributed by atoms with Crippen LogP contribution >= 0.6 is 0 Å². The third-order valence-electron chi connectivity index (χ3n) is 4.40. The van der Waals surface area contributed by atoms with Crippen molar-refractivity contribution in [1.29, 1.82) is 0 Å². The third kappa shape index (κ3) is 6.88. The van der Waals surface area contributed by atoms with Crippen LogP contribution in [0.1, 0.15) is 37.7 Å². The molecule has 2 rings (SSSR count). The molecule has 26 heavy (non-hydrogen) atoms. The molecular formula is C20H27NO5. The van der Waals surface area contributed by atoms with Gasteiger partial charge in [0.25, 0.3) is 0 Å². The van der Waals surface area contributed by atoms with E-state index in [0.717, 1.165) is 24.8 Å². The number of nitrogens with zero attached hydrogens (tertiary/aromatic N) is 1. The van der Waals surface area contributed by atoms with Gasteiger partial charge in [0, 0.05) is 19.4 Å². The number of amides is 1. The van der Waals surface area contributed by atoms with Crippen molar-refractivity contribution in [2.45, 2.75) is 50.7 Å². The van der Waals surface area contributed by atoms with Crippen molar-refractivity contribution < 1.29 is 24.5 Å². The van der Waals surface area contributed by atoms with Crippen LogP contribution in [-0.2, 0) is 16.0 Å². The number of hydrogen-bond acceptors (Lipinski definition) is 4. The molecule has 0 spiro atoms. The Bertz CT molecular complexity index is 601. The van der Waals surface area contributed by atoms with E-state index in [1.807, 2.05) is 36.4 Å². The standard InChI is InChI=1S/C20H27NO5/c22-18(14-16-8-4-3-5-9-16)12-11-17-15-26-20(25)21(17)13-7-2-1-6-10-19(23)24/h3-5,8-9,11-12,17-18,22H,1-2,6-7,10,13-15H2,(H,23,24)/t17?,18-/m0/s1. The average molecular weight is 361 g/mol. The number of unbranched alkanes of at least 4 members (excludes halogenated alkanes) is 3. The Hall–Kier alpha value is -2.34. The molecule has 0 saturated carbocycles. The van der Waals surface area contributed by atoms with Crippen molar-refractivity contribution in [2.75, 3.05) is 13.2 Å². The van der Waals surface area contributed by atoms with Gasteiger partial charge in [-0.05, 0) is 18.4 Å². The van der Waals surface area contributed by atoms with Crippen molar-refractivity contribution >= 4 is 12.1 Å². The molecule has 2 N–H and O–H groups in total. The number of carboxylic acid groups (broad SMARTS) is 1. The number of cyclic esters (lactones) is 1. The number of carboxylic acids is 1. The van der Waals surface area contributed by atoms with Gasteiger partial charge in [0.15, 0.2) is 0 Å². The largest absolute Gasteiger partial charge is 0.481 e. The fraction of sp³-hybridized carbons (Fsp3) is 0.500. The molecule has 6 heteroatoms. The zero-order valence-electron chi connectivity index (χ0n) is 14.9. The van der Waals surface area contributed by atoms with Gasteiger partial charge in [-0.1, -0.05) is 55.3 Å². The number of benzene rings is 1. The topological polar surface area (TPSA) is 87.1 Å². The zero-order valence-corrected chi connectivity index (χ0v) is 14.9. The van der Waals surface area contributed by atoms with E-state index in [0.29, 0.717) is 26.0 Å². The zero-order chi connectivity index (χ0) is 18.8. The maximum absolute atomic E-state index is 11.9. The first-order chi connectivity index (χ1) is 12.6. The summed E-state index contributed by atoms with van der Waals surface area (Å²) in [5.74, 6) is -0.771. The van der Waals surface area contributed by atoms with Crippen LogP contribution in [0.5, 0.6) is 0 Å². The van der Waals surface area contributed by atoms with Crippen LogP contribution in [0.3, 0.4) is 0 Å². The molecule has 0 radical (unpaired) electrons. The van der Waals surface area contributed by atoms with Crippen molar-refractivity contribution in [1.82, 2.24) is 4.90 Å². The summed E-state index contributed by atoms with van der Waals surface area (Å²) in [5, 5.41) is 18.8. The van der Waals surface area contributed by atoms with Crippen LogP contribution in [0.25, 0.3) is 0 Å². The molecule has 1 unspecified atom stereocenters. The number of rotatable bonds is 11. The number of aliphatic hydroxyl groups is 1. The predicted molar refractivity (Wildman–Crippen MR) is 97.9 cm³/mol. The third-order valence-corrected chi connectivity index (χ3v) is 4.40. The van der Waals surface area contributed by atoms with Gasteiger partial charge < -0.3 is 14.9 Å². The molecule has 0 aliphatic carbocycles. The Morgan fingerprint density at radius 3 is 2.69 bits per heavy atom. The van der Waals surface area contributed by atoms with Gasteiger partial charge in [-0.25, -0.2) is 4.79 Å². The average Bonchev–Trinajstić information content (AvgIpc) is 2.97. The Labute approximate surface area is 154 Å². The molecule has 1 aliphatic heterocycles. The molecule has 1 aromatic rings. The summed E-state index contributed by atoms with van der Waals surface area (Å²) in [6.07, 6.45) is 6.53. The molecule has 1 aliphatic rings. The summed E-state index contributed by atoms with van der Waals surface area (Å²) >= 11 is 0. The van der Waals surface area contributed by atoms with Crippen LogP contribution < -0.4 is 0 Å². The second-order valence-corrected chi connectivity index (χ2v) is 6.54. The minimum atomic E-state index is -0.771. The Balaban J connectivity index is 1.74. The highest BCUT2D eigenvalue weighted by atomic mass is 16.6. The van der Waals surface area contributed by atoms with E-state index in [4.69, 9.17) is 9.84 Å². The first-order valence-corrected chi connectivity index (χ1v) is 9.12. The quantitative estimate of drug-likeness (QED) is 0.467. The molecule has 1 heterocycles. The number of carbonyl (C=O) groups is 2. The van der Waals surface area contributed by atoms with Gasteiger partial charge in [0.05, 0.1) is 12.1 Å². The predicted octanol–water partition coefficient (Wildman–Crippen LogP) is 3.00. The number of aliphatic carboxylic acids is 1. The summed E-state index contributed by atoms with van der Waals surface area (Å²) in [6, 6.07) is 9.59. The minimum Gasteiger partial charge on any atom is -0.481 e. The van der Waals surface area contributed by atoms with Crippen LogP contribution in [0.2, 0.25) is 0 Å². The highest BCUT2D eigenvalue weighted by Gasteiger charge is 2.30.